The maximum Gasteiger partial charge on any atom is 0.244 e. The SMILES string of the molecule is COc1cc(N2CCN(C(=O)Cn3cc4ccc(Cl)cc4n3)CC2)ccc1Cl. The molecule has 4 rings (SSSR count). The van der Waals surface area contributed by atoms with E-state index in [4.69, 9.17) is 27.9 Å². The van der Waals surface area contributed by atoms with E-state index >= 15 is 0 Å². The first kappa shape index (κ1) is 18.9. The second-order valence-corrected chi connectivity index (χ2v) is 7.56. The molecule has 0 unspecified atom stereocenters. The maximum absolute atomic E-state index is 12.7. The molecular formula is C20H20Cl2N4O2. The second-order valence-electron chi connectivity index (χ2n) is 6.72. The molecule has 0 bridgehead atoms. The quantitative estimate of drug-likeness (QED) is 0.647. The van der Waals surface area contributed by atoms with Gasteiger partial charge in [0, 0.05) is 54.5 Å². The molecule has 1 aliphatic heterocycles. The van der Waals surface area contributed by atoms with E-state index in [1.807, 2.05) is 41.4 Å². The average Bonchev–Trinajstić information content (AvgIpc) is 3.09. The minimum Gasteiger partial charge on any atom is -0.495 e. The summed E-state index contributed by atoms with van der Waals surface area (Å²) in [6.45, 7) is 3.06. The summed E-state index contributed by atoms with van der Waals surface area (Å²) >= 11 is 12.1. The third-order valence-electron chi connectivity index (χ3n) is 4.95. The Bertz CT molecular complexity index is 1010. The van der Waals surface area contributed by atoms with Crippen molar-refractivity contribution < 1.29 is 9.53 Å². The van der Waals surface area contributed by atoms with Crippen molar-refractivity contribution >= 4 is 45.7 Å². The first-order valence-corrected chi connectivity index (χ1v) is 9.78. The molecule has 1 amide bonds. The Morgan fingerprint density at radius 2 is 1.89 bits per heavy atom. The highest BCUT2D eigenvalue weighted by atomic mass is 35.5. The highest BCUT2D eigenvalue weighted by Crippen LogP contribution is 2.29. The summed E-state index contributed by atoms with van der Waals surface area (Å²) in [5, 5.41) is 6.65. The van der Waals surface area contributed by atoms with Crippen LogP contribution in [0.15, 0.2) is 42.6 Å². The number of amides is 1. The van der Waals surface area contributed by atoms with Crippen LogP contribution < -0.4 is 9.64 Å². The van der Waals surface area contributed by atoms with Crippen LogP contribution in [0.5, 0.6) is 5.75 Å². The molecule has 0 aliphatic carbocycles. The molecule has 2 aromatic carbocycles. The molecule has 3 aromatic rings. The number of hydrogen-bond donors (Lipinski definition) is 0. The minimum absolute atomic E-state index is 0.0623. The van der Waals surface area contributed by atoms with Gasteiger partial charge in [0.2, 0.25) is 5.91 Å². The van der Waals surface area contributed by atoms with Gasteiger partial charge in [-0.15, -0.1) is 0 Å². The number of carbonyl (C=O) groups excluding carboxylic acids is 1. The van der Waals surface area contributed by atoms with Gasteiger partial charge in [0.1, 0.15) is 12.3 Å². The van der Waals surface area contributed by atoms with Gasteiger partial charge in [-0.25, -0.2) is 0 Å². The predicted molar refractivity (Wildman–Crippen MR) is 112 cm³/mol. The van der Waals surface area contributed by atoms with E-state index in [9.17, 15) is 4.79 Å². The van der Waals surface area contributed by atoms with E-state index in [-0.39, 0.29) is 12.5 Å². The maximum atomic E-state index is 12.7. The van der Waals surface area contributed by atoms with Crippen LogP contribution in [-0.4, -0.2) is 53.9 Å². The van der Waals surface area contributed by atoms with Crippen molar-refractivity contribution in [1.82, 2.24) is 14.7 Å². The van der Waals surface area contributed by atoms with Crippen molar-refractivity contribution in [3.63, 3.8) is 0 Å². The van der Waals surface area contributed by atoms with Gasteiger partial charge in [-0.3, -0.25) is 9.48 Å². The molecule has 1 aromatic heterocycles. The number of ether oxygens (including phenoxy) is 1. The van der Waals surface area contributed by atoms with Crippen LogP contribution in [0.25, 0.3) is 10.9 Å². The van der Waals surface area contributed by atoms with Gasteiger partial charge in [0.05, 0.1) is 17.6 Å². The molecular weight excluding hydrogens is 399 g/mol. The molecule has 0 saturated carbocycles. The van der Waals surface area contributed by atoms with Gasteiger partial charge in [-0.2, -0.15) is 5.10 Å². The van der Waals surface area contributed by atoms with E-state index in [2.05, 4.69) is 10.00 Å². The molecule has 0 spiro atoms. The van der Waals surface area contributed by atoms with Gasteiger partial charge in [0.25, 0.3) is 0 Å². The molecule has 2 heterocycles. The van der Waals surface area contributed by atoms with Crippen LogP contribution >= 0.6 is 23.2 Å². The fourth-order valence-electron chi connectivity index (χ4n) is 3.42. The molecule has 8 heteroatoms. The zero-order valence-electron chi connectivity index (χ0n) is 15.4. The van der Waals surface area contributed by atoms with Crippen LogP contribution in [0, 0.1) is 0 Å². The predicted octanol–water partition coefficient (Wildman–Crippen LogP) is 3.70. The largest absolute Gasteiger partial charge is 0.495 e. The smallest absolute Gasteiger partial charge is 0.244 e. The Balaban J connectivity index is 1.38. The van der Waals surface area contributed by atoms with Crippen LogP contribution in [0.1, 0.15) is 0 Å². The summed E-state index contributed by atoms with van der Waals surface area (Å²) in [5.74, 6) is 0.718. The Morgan fingerprint density at radius 1 is 1.11 bits per heavy atom. The van der Waals surface area contributed by atoms with E-state index in [1.54, 1.807) is 17.9 Å². The number of methoxy groups -OCH3 is 1. The molecule has 6 nitrogen and oxygen atoms in total. The van der Waals surface area contributed by atoms with E-state index in [0.717, 1.165) is 29.7 Å². The fraction of sp³-hybridized carbons (Fsp3) is 0.300. The highest BCUT2D eigenvalue weighted by Gasteiger charge is 2.22. The molecule has 146 valence electrons. The first-order chi connectivity index (χ1) is 13.5. The van der Waals surface area contributed by atoms with Gasteiger partial charge in [-0.1, -0.05) is 23.2 Å². The van der Waals surface area contributed by atoms with Crippen LogP contribution in [0.3, 0.4) is 0 Å². The number of hydrogen-bond acceptors (Lipinski definition) is 4. The molecule has 1 saturated heterocycles. The van der Waals surface area contributed by atoms with Crippen molar-refractivity contribution in [1.29, 1.82) is 0 Å². The van der Waals surface area contributed by atoms with Crippen LogP contribution in [0.2, 0.25) is 10.0 Å². The fourth-order valence-corrected chi connectivity index (χ4v) is 3.78. The lowest BCUT2D eigenvalue weighted by atomic mass is 10.2. The third kappa shape index (κ3) is 3.88. The monoisotopic (exact) mass is 418 g/mol. The summed E-state index contributed by atoms with van der Waals surface area (Å²) in [5.41, 5.74) is 1.84. The number of carbonyl (C=O) groups is 1. The standard InChI is InChI=1S/C20H20Cl2N4O2/c1-28-19-11-16(4-5-17(19)22)24-6-8-25(9-7-24)20(27)13-26-12-14-2-3-15(21)10-18(14)23-26/h2-5,10-12H,6-9,13H2,1H3. The Kier molecular flexibility index (Phi) is 5.33. The van der Waals surface area contributed by atoms with E-state index in [1.165, 1.54) is 0 Å². The average molecular weight is 419 g/mol. The first-order valence-electron chi connectivity index (χ1n) is 9.02. The molecule has 0 N–H and O–H groups in total. The van der Waals surface area contributed by atoms with Gasteiger partial charge in [0.15, 0.2) is 0 Å². The van der Waals surface area contributed by atoms with Crippen molar-refractivity contribution in [3.8, 4) is 5.75 Å². The summed E-state index contributed by atoms with van der Waals surface area (Å²) in [6, 6.07) is 11.3. The second kappa shape index (κ2) is 7.89. The van der Waals surface area contributed by atoms with Crippen molar-refractivity contribution in [2.75, 3.05) is 38.2 Å². The van der Waals surface area contributed by atoms with E-state index < -0.39 is 0 Å². The lowest BCUT2D eigenvalue weighted by Gasteiger charge is -2.36. The number of benzene rings is 2. The number of anilines is 1. The lowest BCUT2D eigenvalue weighted by Crippen LogP contribution is -2.49. The summed E-state index contributed by atoms with van der Waals surface area (Å²) in [7, 11) is 1.61. The number of rotatable bonds is 4. The highest BCUT2D eigenvalue weighted by molar-refractivity contribution is 6.32. The Hall–Kier alpha value is -2.44. The normalized spacial score (nSPS) is 14.5. The summed E-state index contributed by atoms with van der Waals surface area (Å²) in [6.07, 6.45) is 1.87. The number of nitrogens with zero attached hydrogens (tertiary/aromatic N) is 4. The molecule has 0 radical (unpaired) electrons. The number of aromatic nitrogens is 2. The van der Waals surface area contributed by atoms with Crippen LogP contribution in [0.4, 0.5) is 5.69 Å². The molecule has 28 heavy (non-hydrogen) atoms. The topological polar surface area (TPSA) is 50.6 Å². The summed E-state index contributed by atoms with van der Waals surface area (Å²) < 4.78 is 6.97. The third-order valence-corrected chi connectivity index (χ3v) is 5.49. The van der Waals surface area contributed by atoms with Crippen LogP contribution in [-0.2, 0) is 11.3 Å². The number of piperazine rings is 1. The zero-order chi connectivity index (χ0) is 19.7. The van der Waals surface area contributed by atoms with E-state index in [0.29, 0.717) is 28.9 Å². The van der Waals surface area contributed by atoms with Gasteiger partial charge in [-0.05, 0) is 30.3 Å². The molecule has 1 aliphatic rings. The van der Waals surface area contributed by atoms with Crippen molar-refractivity contribution in [2.24, 2.45) is 0 Å². The summed E-state index contributed by atoms with van der Waals surface area (Å²) in [4.78, 5) is 16.8. The van der Waals surface area contributed by atoms with Gasteiger partial charge < -0.3 is 14.5 Å². The lowest BCUT2D eigenvalue weighted by molar-refractivity contribution is -0.132. The van der Waals surface area contributed by atoms with Gasteiger partial charge >= 0.3 is 0 Å². The van der Waals surface area contributed by atoms with Crippen molar-refractivity contribution in [2.45, 2.75) is 6.54 Å². The number of halogens is 2. The Labute approximate surface area is 173 Å². The minimum atomic E-state index is 0.0623. The van der Waals surface area contributed by atoms with Crippen molar-refractivity contribution in [3.05, 3.63) is 52.6 Å². The molecule has 0 atom stereocenters. The molecule has 1 fully saturated rings. The zero-order valence-corrected chi connectivity index (χ0v) is 17.0. The number of fused-ring (bicyclic) bond motifs is 1. The Morgan fingerprint density at radius 3 is 2.64 bits per heavy atom.